The van der Waals surface area contributed by atoms with E-state index < -0.39 is 5.41 Å². The van der Waals surface area contributed by atoms with E-state index in [4.69, 9.17) is 10.5 Å². The van der Waals surface area contributed by atoms with E-state index in [1.165, 1.54) is 0 Å². The second-order valence-electron chi connectivity index (χ2n) is 6.23. The monoisotopic (exact) mass is 468 g/mol. The second-order valence-corrected chi connectivity index (χ2v) is 6.23. The molecule has 0 aliphatic carbocycles. The number of carbonyl (C=O) groups is 1. The number of anilines is 1. The molecule has 0 aliphatic heterocycles. The quantitative estimate of drug-likeness (QED) is 0.344. The molecular weight excluding hydrogens is 443 g/mol. The highest BCUT2D eigenvalue weighted by Crippen LogP contribution is 2.23. The number of nitrogens with two attached hydrogens (primary N) is 1. The molecule has 2 rings (SSSR count). The van der Waals surface area contributed by atoms with Crippen LogP contribution in [0.5, 0.6) is 11.5 Å². The smallest absolute Gasteiger partial charge is 0.227 e. The minimum absolute atomic E-state index is 0. The summed E-state index contributed by atoms with van der Waals surface area (Å²) in [6.45, 7) is 3.92. The predicted octanol–water partition coefficient (Wildman–Crippen LogP) is 3.60. The van der Waals surface area contributed by atoms with Gasteiger partial charge in [0.1, 0.15) is 11.5 Å². The lowest BCUT2D eigenvalue weighted by Gasteiger charge is -2.20. The molecule has 26 heavy (non-hydrogen) atoms. The number of nitrogens with zero attached hydrogens (tertiary/aromatic N) is 1. The van der Waals surface area contributed by atoms with Gasteiger partial charge >= 0.3 is 0 Å². The molecule has 0 spiro atoms. The van der Waals surface area contributed by atoms with Crippen LogP contribution in [0, 0.1) is 5.41 Å². The Labute approximate surface area is 171 Å². The van der Waals surface area contributed by atoms with Gasteiger partial charge < -0.3 is 21.1 Å². The van der Waals surface area contributed by atoms with Gasteiger partial charge in [0.25, 0.3) is 0 Å². The predicted molar refractivity (Wildman–Crippen MR) is 116 cm³/mol. The summed E-state index contributed by atoms with van der Waals surface area (Å²) in [4.78, 5) is 16.0. The molecule has 0 aliphatic rings. The van der Waals surface area contributed by atoms with Crippen LogP contribution in [-0.4, -0.2) is 25.5 Å². The van der Waals surface area contributed by atoms with Gasteiger partial charge in [0.2, 0.25) is 5.91 Å². The zero-order valence-corrected chi connectivity index (χ0v) is 17.5. The summed E-state index contributed by atoms with van der Waals surface area (Å²) in [5.41, 5.74) is 6.05. The maximum atomic E-state index is 11.8. The van der Waals surface area contributed by atoms with Crippen LogP contribution in [-0.2, 0) is 4.79 Å². The fourth-order valence-corrected chi connectivity index (χ4v) is 2.14. The summed E-state index contributed by atoms with van der Waals surface area (Å²) in [7, 11) is 1.60. The minimum atomic E-state index is -0.626. The van der Waals surface area contributed by atoms with Gasteiger partial charge in [0.15, 0.2) is 5.96 Å². The lowest BCUT2D eigenvalue weighted by atomic mass is 9.93. The van der Waals surface area contributed by atoms with Crippen molar-refractivity contribution in [3.05, 3.63) is 54.6 Å². The van der Waals surface area contributed by atoms with Crippen molar-refractivity contribution in [1.29, 1.82) is 0 Å². The van der Waals surface area contributed by atoms with Gasteiger partial charge in [-0.15, -0.1) is 24.0 Å². The summed E-state index contributed by atoms with van der Waals surface area (Å²) >= 11 is 0. The van der Waals surface area contributed by atoms with Crippen molar-refractivity contribution in [2.24, 2.45) is 16.1 Å². The van der Waals surface area contributed by atoms with Gasteiger partial charge in [-0.1, -0.05) is 24.3 Å². The third kappa shape index (κ3) is 6.55. The van der Waals surface area contributed by atoms with Crippen molar-refractivity contribution in [3.63, 3.8) is 0 Å². The summed E-state index contributed by atoms with van der Waals surface area (Å²) < 4.78 is 5.79. The van der Waals surface area contributed by atoms with Gasteiger partial charge in [-0.2, -0.15) is 0 Å². The largest absolute Gasteiger partial charge is 0.457 e. The highest BCUT2D eigenvalue weighted by molar-refractivity contribution is 14.0. The van der Waals surface area contributed by atoms with Crippen molar-refractivity contribution in [3.8, 4) is 11.5 Å². The van der Waals surface area contributed by atoms with Crippen LogP contribution in [0.3, 0.4) is 0 Å². The maximum Gasteiger partial charge on any atom is 0.227 e. The Morgan fingerprint density at radius 1 is 1.12 bits per heavy atom. The Morgan fingerprint density at radius 2 is 1.77 bits per heavy atom. The number of carbonyl (C=O) groups excluding carboxylic acids is 1. The summed E-state index contributed by atoms with van der Waals surface area (Å²) in [5, 5.41) is 5.64. The number of para-hydroxylation sites is 1. The van der Waals surface area contributed by atoms with Crippen molar-refractivity contribution >= 4 is 41.5 Å². The standard InChI is InChI=1S/C19H24N4O2.HI/c1-19(2,17(24)21-3)13-22-18(20)23-14-8-7-11-16(12-14)25-15-9-5-4-6-10-15;/h4-12H,13H2,1-3H3,(H,21,24)(H3,20,22,23);1H. The molecule has 0 bridgehead atoms. The topological polar surface area (TPSA) is 88.7 Å². The van der Waals surface area contributed by atoms with Gasteiger partial charge in [0.05, 0.1) is 12.0 Å². The molecule has 7 heteroatoms. The van der Waals surface area contributed by atoms with Gasteiger partial charge in [0, 0.05) is 18.8 Å². The second kappa shape index (κ2) is 10.0. The molecule has 6 nitrogen and oxygen atoms in total. The van der Waals surface area contributed by atoms with Crippen LogP contribution in [0.1, 0.15) is 13.8 Å². The van der Waals surface area contributed by atoms with E-state index >= 15 is 0 Å². The van der Waals surface area contributed by atoms with E-state index in [1.54, 1.807) is 7.05 Å². The maximum absolute atomic E-state index is 11.8. The number of amides is 1. The third-order valence-corrected chi connectivity index (χ3v) is 3.57. The number of ether oxygens (including phenoxy) is 1. The number of benzene rings is 2. The van der Waals surface area contributed by atoms with Crippen molar-refractivity contribution in [2.75, 3.05) is 18.9 Å². The first-order chi connectivity index (χ1) is 11.9. The van der Waals surface area contributed by atoms with Crippen molar-refractivity contribution < 1.29 is 9.53 Å². The molecule has 0 heterocycles. The van der Waals surface area contributed by atoms with Crippen LogP contribution in [0.15, 0.2) is 59.6 Å². The first kappa shape index (κ1) is 21.8. The van der Waals surface area contributed by atoms with E-state index in [0.717, 1.165) is 11.4 Å². The third-order valence-electron chi connectivity index (χ3n) is 3.57. The Morgan fingerprint density at radius 3 is 2.42 bits per heavy atom. The number of rotatable bonds is 6. The molecule has 0 fully saturated rings. The van der Waals surface area contributed by atoms with Crippen LogP contribution in [0.25, 0.3) is 0 Å². The van der Waals surface area contributed by atoms with Gasteiger partial charge in [-0.05, 0) is 38.1 Å². The van der Waals surface area contributed by atoms with Crippen LogP contribution in [0.2, 0.25) is 0 Å². The molecular formula is C19H25IN4O2. The van der Waals surface area contributed by atoms with E-state index in [2.05, 4.69) is 15.6 Å². The number of nitrogens with one attached hydrogen (secondary N) is 2. The van der Waals surface area contributed by atoms with E-state index in [0.29, 0.717) is 5.75 Å². The highest BCUT2D eigenvalue weighted by atomic mass is 127. The summed E-state index contributed by atoms with van der Waals surface area (Å²) in [5.74, 6) is 1.61. The van der Waals surface area contributed by atoms with Gasteiger partial charge in [-0.25, -0.2) is 0 Å². The number of hydrogen-bond acceptors (Lipinski definition) is 3. The summed E-state index contributed by atoms with van der Waals surface area (Å²) in [6.07, 6.45) is 0. The van der Waals surface area contributed by atoms with Crippen LogP contribution >= 0.6 is 24.0 Å². The average molecular weight is 468 g/mol. The molecule has 0 unspecified atom stereocenters. The fourth-order valence-electron chi connectivity index (χ4n) is 2.14. The molecule has 0 aromatic heterocycles. The molecule has 0 radical (unpaired) electrons. The lowest BCUT2D eigenvalue weighted by Crippen LogP contribution is -2.37. The molecule has 140 valence electrons. The normalized spacial score (nSPS) is 11.3. The molecule has 2 aromatic rings. The Bertz CT molecular complexity index is 748. The Balaban J connectivity index is 0.00000338. The number of halogens is 1. The minimum Gasteiger partial charge on any atom is -0.457 e. The molecule has 0 atom stereocenters. The number of guanidine groups is 1. The Kier molecular flexibility index (Phi) is 8.37. The number of aliphatic imine (C=N–C) groups is 1. The van der Waals surface area contributed by atoms with Gasteiger partial charge in [-0.3, -0.25) is 9.79 Å². The lowest BCUT2D eigenvalue weighted by molar-refractivity contribution is -0.128. The van der Waals surface area contributed by atoms with Crippen molar-refractivity contribution in [1.82, 2.24) is 5.32 Å². The summed E-state index contributed by atoms with van der Waals surface area (Å²) in [6, 6.07) is 17.0. The molecule has 0 saturated heterocycles. The molecule has 0 saturated carbocycles. The van der Waals surface area contributed by atoms with E-state index in [1.807, 2.05) is 68.4 Å². The average Bonchev–Trinajstić information content (AvgIpc) is 2.60. The van der Waals surface area contributed by atoms with Crippen molar-refractivity contribution in [2.45, 2.75) is 13.8 Å². The zero-order chi connectivity index (χ0) is 18.3. The molecule has 1 amide bonds. The molecule has 2 aromatic carbocycles. The first-order valence-corrected chi connectivity index (χ1v) is 8.03. The van der Waals surface area contributed by atoms with E-state index in [-0.39, 0.29) is 42.4 Å². The Hall–Kier alpha value is -2.29. The van der Waals surface area contributed by atoms with E-state index in [9.17, 15) is 4.79 Å². The fraction of sp³-hybridized carbons (Fsp3) is 0.263. The van der Waals surface area contributed by atoms with Crippen LogP contribution in [0.4, 0.5) is 5.69 Å². The number of hydrogen-bond donors (Lipinski definition) is 3. The zero-order valence-electron chi connectivity index (χ0n) is 15.2. The van der Waals surface area contributed by atoms with Crippen LogP contribution < -0.4 is 21.1 Å². The molecule has 4 N–H and O–H groups in total. The highest BCUT2D eigenvalue weighted by Gasteiger charge is 2.26. The SMILES string of the molecule is CNC(=O)C(C)(C)CN=C(N)Nc1cccc(Oc2ccccc2)c1.I. The first-order valence-electron chi connectivity index (χ1n) is 8.03.